The summed E-state index contributed by atoms with van der Waals surface area (Å²) in [5.74, 6) is -9.33. The van der Waals surface area contributed by atoms with Crippen molar-refractivity contribution < 1.29 is 124 Å². The summed E-state index contributed by atoms with van der Waals surface area (Å²) in [4.78, 5) is 88.3. The number of aromatic carboxylic acids is 4. The van der Waals surface area contributed by atoms with Crippen LogP contribution in [0.15, 0.2) is 211 Å². The molecule has 46 nitrogen and oxygen atoms in total. The molecule has 15 N–H and O–H groups in total. The van der Waals surface area contributed by atoms with Crippen LogP contribution in [0.5, 0.6) is 23.0 Å². The summed E-state index contributed by atoms with van der Waals surface area (Å²) in [5, 5.41) is 126. The highest BCUT2D eigenvalue weighted by Crippen LogP contribution is 2.39. The fraction of sp³-hybridized carbons (Fsp3) is 0.192. The molecule has 0 radical (unpaired) electrons. The van der Waals surface area contributed by atoms with E-state index >= 15 is 0 Å². The summed E-state index contributed by atoms with van der Waals surface area (Å²) in [7, 11) is -8.92. The van der Waals surface area contributed by atoms with Crippen molar-refractivity contribution in [3.05, 3.63) is 192 Å². The van der Waals surface area contributed by atoms with E-state index in [-0.39, 0.29) is 200 Å². The van der Waals surface area contributed by atoms with Gasteiger partial charge in [-0.1, -0.05) is 34.3 Å². The molecule has 0 aliphatic rings. The Morgan fingerprint density at radius 3 is 0.894 bits per heavy atom. The Kier molecular flexibility index (Phi) is 33.5. The molecule has 10 aromatic rings. The quantitative estimate of drug-likeness (QED) is 0.00420. The number of aliphatic carboxylic acids is 1. The van der Waals surface area contributed by atoms with Crippen LogP contribution >= 0.6 is 24.1 Å². The summed E-state index contributed by atoms with van der Waals surface area (Å²) in [6.07, 6.45) is 0.126. The molecule has 0 fully saturated rings. The van der Waals surface area contributed by atoms with Crippen LogP contribution in [0.3, 0.4) is 0 Å². The van der Waals surface area contributed by atoms with Crippen molar-refractivity contribution in [3.63, 3.8) is 0 Å². The number of carboxylic acid groups (broad SMARTS) is 5. The van der Waals surface area contributed by atoms with Crippen molar-refractivity contribution in [2.45, 2.75) is 31.7 Å². The van der Waals surface area contributed by atoms with Crippen LogP contribution in [-0.4, -0.2) is 184 Å². The van der Waals surface area contributed by atoms with Crippen LogP contribution in [0.1, 0.15) is 67.1 Å². The van der Waals surface area contributed by atoms with Gasteiger partial charge in [0.15, 0.2) is 0 Å². The van der Waals surface area contributed by atoms with Crippen molar-refractivity contribution >= 4 is 178 Å². The van der Waals surface area contributed by atoms with Gasteiger partial charge in [0, 0.05) is 66.4 Å². The Labute approximate surface area is 703 Å². The maximum atomic E-state index is 13.7. The lowest BCUT2D eigenvalue weighted by molar-refractivity contribution is -0.432. The van der Waals surface area contributed by atoms with E-state index in [9.17, 15) is 75.4 Å². The van der Waals surface area contributed by atoms with E-state index in [0.717, 1.165) is 24.1 Å². The number of ether oxygens (including phenoxy) is 4. The van der Waals surface area contributed by atoms with Crippen LogP contribution in [-0.2, 0) is 43.8 Å². The molecule has 0 aliphatic carbocycles. The number of carbonyl (C=O) groups is 5. The molecule has 0 amide bonds. The molecule has 123 heavy (non-hydrogen) atoms. The van der Waals surface area contributed by atoms with Crippen molar-refractivity contribution in [1.82, 2.24) is 29.9 Å². The molecule has 0 bridgehead atoms. The summed E-state index contributed by atoms with van der Waals surface area (Å²) in [6, 6.07) is 38.2. The van der Waals surface area contributed by atoms with E-state index in [4.69, 9.17) is 29.5 Å². The first kappa shape index (κ1) is 91.1. The van der Waals surface area contributed by atoms with Crippen molar-refractivity contribution in [1.29, 1.82) is 0 Å². The monoisotopic (exact) mass is 1770 g/mol. The van der Waals surface area contributed by atoms with Gasteiger partial charge >= 0.3 is 29.8 Å². The third-order valence-corrected chi connectivity index (χ3v) is 18.5. The molecule has 0 spiro atoms. The summed E-state index contributed by atoms with van der Waals surface area (Å²) in [6.45, 7) is -1.33. The molecule has 642 valence electrons. The minimum absolute atomic E-state index is 0.00825. The Morgan fingerprint density at radius 2 is 0.626 bits per heavy atom. The first-order valence-corrected chi connectivity index (χ1v) is 40.7. The van der Waals surface area contributed by atoms with Gasteiger partial charge in [-0.05, 0) is 147 Å². The van der Waals surface area contributed by atoms with E-state index in [2.05, 4.69) is 121 Å². The maximum Gasteiger partial charge on any atom is 0.335 e. The molecule has 2 heterocycles. The zero-order valence-electron chi connectivity index (χ0n) is 63.3. The van der Waals surface area contributed by atoms with Gasteiger partial charge in [0.05, 0.1) is 128 Å². The molecule has 2 aromatic heterocycles. The van der Waals surface area contributed by atoms with Gasteiger partial charge in [0.1, 0.15) is 29.0 Å². The number of anilines is 10. The van der Waals surface area contributed by atoms with E-state index in [1.54, 1.807) is 0 Å². The molecular formula is C73H70N20O26S4. The Hall–Kier alpha value is -14.2. The second-order valence-electron chi connectivity index (χ2n) is 24.8. The van der Waals surface area contributed by atoms with Gasteiger partial charge in [0.2, 0.25) is 35.7 Å². The van der Waals surface area contributed by atoms with Gasteiger partial charge in [-0.15, -0.1) is 8.67 Å². The normalized spacial score (nSPS) is 11.8. The molecule has 0 saturated heterocycles. The van der Waals surface area contributed by atoms with Gasteiger partial charge in [0.25, 0.3) is 20.2 Å². The smallest absolute Gasteiger partial charge is 0.335 e. The Bertz CT molecular complexity index is 5790. The predicted molar refractivity (Wildman–Crippen MR) is 440 cm³/mol. The van der Waals surface area contributed by atoms with Crippen LogP contribution < -0.4 is 50.8 Å². The molecule has 8 aromatic carbocycles. The van der Waals surface area contributed by atoms with Crippen molar-refractivity contribution in [2.75, 3.05) is 87.9 Å². The number of benzene rings is 8. The van der Waals surface area contributed by atoms with E-state index < -0.39 is 80.1 Å². The SMILES string of the molecule is O=C(O)c1cccc(N=Nc2ccc(Nc3nc(NCC(Nc4nc(Nc5ccc(N=Nc6cccc(C(=O)O)c6)cc5OCCCSOOO)nc(Nc5ccc(N=Nc6cccc(C(=O)O)c6)cc5OCCCS(=O)(=O)O)n4)C(=O)O)nc(Nc4ccc(N=Nc5cccc(C(=O)O)c5)cc4OCCCS(=O)(=O)O)n3)c(OCCCSOOO)c2)c1. The second-order valence-corrected chi connectivity index (χ2v) is 29.5. The highest BCUT2D eigenvalue weighted by molar-refractivity contribution is 7.94. The van der Waals surface area contributed by atoms with Gasteiger partial charge in [-0.3, -0.25) is 9.11 Å². The number of hydrogen-bond donors (Lipinski definition) is 15. The largest absolute Gasteiger partial charge is 0.491 e. The van der Waals surface area contributed by atoms with Gasteiger partial charge in [-0.2, -0.15) is 87.7 Å². The average Bonchev–Trinajstić information content (AvgIpc) is 0.818. The summed E-state index contributed by atoms with van der Waals surface area (Å²) >= 11 is 1.52. The van der Waals surface area contributed by atoms with Crippen molar-refractivity contribution in [3.8, 4) is 23.0 Å². The molecule has 0 saturated carbocycles. The molecule has 1 atom stereocenters. The Balaban J connectivity index is 1.04. The topological polar surface area (TPSA) is 658 Å². The number of aromatic nitrogens is 6. The van der Waals surface area contributed by atoms with Gasteiger partial charge < -0.3 is 76.4 Å². The fourth-order valence-corrected chi connectivity index (χ4v) is 11.8. The lowest BCUT2D eigenvalue weighted by Crippen LogP contribution is -2.37. The van der Waals surface area contributed by atoms with Crippen LogP contribution in [0.2, 0.25) is 0 Å². The van der Waals surface area contributed by atoms with Crippen molar-refractivity contribution in [2.24, 2.45) is 40.9 Å². The first-order chi connectivity index (χ1) is 59.2. The molecule has 50 heteroatoms. The summed E-state index contributed by atoms with van der Waals surface area (Å²) in [5.41, 5.74) is 1.48. The van der Waals surface area contributed by atoms with Crippen LogP contribution in [0, 0.1) is 0 Å². The van der Waals surface area contributed by atoms with Crippen LogP contribution in [0.25, 0.3) is 0 Å². The number of carboxylic acids is 5. The average molecular weight is 1770 g/mol. The Morgan fingerprint density at radius 1 is 0.358 bits per heavy atom. The number of rotatable bonds is 50. The summed E-state index contributed by atoms with van der Waals surface area (Å²) < 4.78 is 99.9. The van der Waals surface area contributed by atoms with Gasteiger partial charge in [-0.25, -0.2) is 34.5 Å². The number of nitrogens with zero attached hydrogens (tertiary/aromatic N) is 14. The standard InChI is InChI=1S/C73H70N20O26S4/c94-63(95)42-9-1-13-46(33-42)86-90-50-17-21-54(59(37-50)112-25-5-29-120-118-116-104)75-69-80-68(81-70(82-69)76-56-23-19-52(39-61(56)114-27-7-31-122(106,107)108)92-88-48-15-3-11-44(35-48)65(98)99)74-41-58(67(102)103)79-73-84-71(77-55-22-18-51(38-60(55)113-26-6-30-121-119-117-105)91-87-47-14-2-10-43(34-47)64(96)97)83-72(85-73)78-57-24-20-53(40-62(57)115-28-8-32-123(109,110)111)93-89-49-16-4-12-45(36-49)66(100)101/h1-4,9-24,33-40,58,104-105H,5-8,25-32,41H2,(H,94,95)(H,96,97)(H,98,99)(H,100,101)(H,102,103)(H,106,107,108)(H,109,110,111)(H3,74,75,76,80,81,82)(H3,77,78,79,83,84,85). The fourth-order valence-electron chi connectivity index (χ4n) is 10.2. The zero-order chi connectivity index (χ0) is 87.7. The lowest BCUT2D eigenvalue weighted by Gasteiger charge is -2.19. The minimum Gasteiger partial charge on any atom is -0.491 e. The minimum atomic E-state index is -4.47. The van der Waals surface area contributed by atoms with Crippen LogP contribution in [0.4, 0.5) is 104 Å². The number of nitrogens with one attached hydrogen (secondary N) is 6. The maximum absolute atomic E-state index is 13.7. The third kappa shape index (κ3) is 30.5. The molecule has 0 aliphatic heterocycles. The van der Waals surface area contributed by atoms with E-state index in [1.807, 2.05) is 0 Å². The highest BCUT2D eigenvalue weighted by atomic mass is 32.2. The second kappa shape index (κ2) is 45.3. The molecule has 10 rings (SSSR count). The highest BCUT2D eigenvalue weighted by Gasteiger charge is 2.24. The first-order valence-electron chi connectivity index (χ1n) is 35.7. The van der Waals surface area contributed by atoms with E-state index in [1.165, 1.54) is 170 Å². The zero-order valence-corrected chi connectivity index (χ0v) is 66.6. The molecule has 1 unspecified atom stereocenters. The number of hydrogen-bond acceptors (Lipinski definition) is 41. The predicted octanol–water partition coefficient (Wildman–Crippen LogP) is 15.5. The lowest BCUT2D eigenvalue weighted by atomic mass is 10.2. The number of azo groups is 4. The molecular weight excluding hydrogens is 1700 g/mol. The third-order valence-electron chi connectivity index (χ3n) is 15.7. The van der Waals surface area contributed by atoms with E-state index in [0.29, 0.717) is 6.42 Å².